The number of aryl methyl sites for hydroxylation is 1. The van der Waals surface area contributed by atoms with E-state index < -0.39 is 6.10 Å². The third-order valence-corrected chi connectivity index (χ3v) is 3.88. The molecule has 1 amide bonds. The first-order valence-corrected chi connectivity index (χ1v) is 7.45. The molecule has 2 aromatic rings. The van der Waals surface area contributed by atoms with Crippen LogP contribution < -0.4 is 15.4 Å². The lowest BCUT2D eigenvalue weighted by Crippen LogP contribution is -2.47. The number of amides is 1. The second-order valence-electron chi connectivity index (χ2n) is 5.65. The first-order valence-electron chi connectivity index (χ1n) is 7.45. The average molecular weight is 306 g/mol. The van der Waals surface area contributed by atoms with Gasteiger partial charge < -0.3 is 10.5 Å². The van der Waals surface area contributed by atoms with Gasteiger partial charge in [0.15, 0.2) is 6.10 Å². The van der Waals surface area contributed by atoms with Crippen molar-refractivity contribution in [3.63, 3.8) is 0 Å². The molecule has 1 aliphatic heterocycles. The Hall–Kier alpha value is -2.93. The van der Waals surface area contributed by atoms with Gasteiger partial charge in [-0.05, 0) is 30.7 Å². The summed E-state index contributed by atoms with van der Waals surface area (Å²) in [6, 6.07) is 13.3. The standard InChI is InChI=1S/C19H18N2O2/c1-3-10-21-16-12-15(20)8-9-17(16)23-18(19(21)22)11-14-6-4-13(2)5-7-14/h1,4-9,12,18H,10-11,20H2,2H3. The van der Waals surface area contributed by atoms with E-state index in [-0.39, 0.29) is 12.5 Å². The number of carbonyl (C=O) groups is 1. The van der Waals surface area contributed by atoms with E-state index in [1.165, 1.54) is 5.56 Å². The van der Waals surface area contributed by atoms with E-state index in [4.69, 9.17) is 16.9 Å². The van der Waals surface area contributed by atoms with Crippen LogP contribution in [0.25, 0.3) is 0 Å². The molecule has 2 aromatic carbocycles. The van der Waals surface area contributed by atoms with E-state index in [1.54, 1.807) is 23.1 Å². The molecule has 4 heteroatoms. The topological polar surface area (TPSA) is 55.6 Å². The maximum atomic E-state index is 12.7. The second-order valence-corrected chi connectivity index (χ2v) is 5.65. The van der Waals surface area contributed by atoms with Gasteiger partial charge in [0.1, 0.15) is 5.75 Å². The summed E-state index contributed by atoms with van der Waals surface area (Å²) in [5, 5.41) is 0. The molecule has 23 heavy (non-hydrogen) atoms. The summed E-state index contributed by atoms with van der Waals surface area (Å²) < 4.78 is 5.89. The highest BCUT2D eigenvalue weighted by Crippen LogP contribution is 2.36. The Morgan fingerprint density at radius 2 is 2.00 bits per heavy atom. The lowest BCUT2D eigenvalue weighted by Gasteiger charge is -2.33. The number of nitrogens with two attached hydrogens (primary N) is 1. The summed E-state index contributed by atoms with van der Waals surface area (Å²) in [6.07, 6.45) is 5.34. The zero-order valence-electron chi connectivity index (χ0n) is 13.0. The van der Waals surface area contributed by atoms with Crippen molar-refractivity contribution in [2.24, 2.45) is 0 Å². The summed E-state index contributed by atoms with van der Waals surface area (Å²) in [5.74, 6) is 3.02. The van der Waals surface area contributed by atoms with Crippen molar-refractivity contribution < 1.29 is 9.53 Å². The molecule has 0 saturated heterocycles. The van der Waals surface area contributed by atoms with Gasteiger partial charge in [0, 0.05) is 12.1 Å². The molecule has 0 fully saturated rings. The third kappa shape index (κ3) is 3.00. The molecule has 0 spiro atoms. The number of nitrogens with zero attached hydrogens (tertiary/aromatic N) is 1. The van der Waals surface area contributed by atoms with Gasteiger partial charge in [0.05, 0.1) is 12.2 Å². The van der Waals surface area contributed by atoms with E-state index in [0.29, 0.717) is 23.5 Å². The lowest BCUT2D eigenvalue weighted by atomic mass is 10.0. The SMILES string of the molecule is C#CCN1C(=O)C(Cc2ccc(C)cc2)Oc2ccc(N)cc21. The fraction of sp³-hybridized carbons (Fsp3) is 0.211. The average Bonchev–Trinajstić information content (AvgIpc) is 2.54. The third-order valence-electron chi connectivity index (χ3n) is 3.88. The van der Waals surface area contributed by atoms with Crippen LogP contribution in [0.5, 0.6) is 5.75 Å². The Morgan fingerprint density at radius 3 is 2.70 bits per heavy atom. The van der Waals surface area contributed by atoms with Crippen LogP contribution in [-0.2, 0) is 11.2 Å². The van der Waals surface area contributed by atoms with Crippen LogP contribution in [0.3, 0.4) is 0 Å². The number of hydrogen-bond acceptors (Lipinski definition) is 3. The first kappa shape index (κ1) is 15.0. The maximum absolute atomic E-state index is 12.7. The van der Waals surface area contributed by atoms with E-state index in [9.17, 15) is 4.79 Å². The number of hydrogen-bond donors (Lipinski definition) is 1. The van der Waals surface area contributed by atoms with Crippen molar-refractivity contribution in [2.45, 2.75) is 19.4 Å². The molecule has 1 heterocycles. The molecule has 1 aliphatic rings. The fourth-order valence-corrected chi connectivity index (χ4v) is 2.66. The number of ether oxygens (including phenoxy) is 1. The highest BCUT2D eigenvalue weighted by Gasteiger charge is 2.34. The van der Waals surface area contributed by atoms with Gasteiger partial charge in [-0.25, -0.2) is 0 Å². The molecule has 0 bridgehead atoms. The summed E-state index contributed by atoms with van der Waals surface area (Å²) in [5.41, 5.74) is 9.24. The molecule has 0 aromatic heterocycles. The van der Waals surface area contributed by atoms with Crippen molar-refractivity contribution in [1.29, 1.82) is 0 Å². The Labute approximate surface area is 135 Å². The van der Waals surface area contributed by atoms with Gasteiger partial charge in [0.25, 0.3) is 5.91 Å². The van der Waals surface area contributed by atoms with Crippen LogP contribution in [-0.4, -0.2) is 18.6 Å². The summed E-state index contributed by atoms with van der Waals surface area (Å²) in [4.78, 5) is 14.3. The second kappa shape index (κ2) is 6.05. The number of anilines is 2. The molecule has 0 saturated carbocycles. The van der Waals surface area contributed by atoms with Crippen LogP contribution in [0.15, 0.2) is 42.5 Å². The van der Waals surface area contributed by atoms with Gasteiger partial charge in [-0.1, -0.05) is 35.7 Å². The fourth-order valence-electron chi connectivity index (χ4n) is 2.66. The van der Waals surface area contributed by atoms with Crippen molar-refractivity contribution in [2.75, 3.05) is 17.2 Å². The molecule has 0 radical (unpaired) electrons. The Balaban J connectivity index is 1.91. The number of terminal acetylenes is 1. The van der Waals surface area contributed by atoms with Crippen LogP contribution in [0.1, 0.15) is 11.1 Å². The highest BCUT2D eigenvalue weighted by atomic mass is 16.5. The van der Waals surface area contributed by atoms with Crippen molar-refractivity contribution in [1.82, 2.24) is 0 Å². The molecule has 0 aliphatic carbocycles. The van der Waals surface area contributed by atoms with Gasteiger partial charge >= 0.3 is 0 Å². The van der Waals surface area contributed by atoms with Crippen LogP contribution in [0, 0.1) is 19.3 Å². The minimum atomic E-state index is -0.581. The predicted molar refractivity (Wildman–Crippen MR) is 91.3 cm³/mol. The van der Waals surface area contributed by atoms with E-state index in [1.807, 2.05) is 31.2 Å². The minimum absolute atomic E-state index is 0.137. The van der Waals surface area contributed by atoms with Gasteiger partial charge in [-0.3, -0.25) is 9.69 Å². The van der Waals surface area contributed by atoms with Crippen molar-refractivity contribution in [3.05, 3.63) is 53.6 Å². The molecule has 2 N–H and O–H groups in total. The number of carbonyl (C=O) groups excluding carboxylic acids is 1. The van der Waals surface area contributed by atoms with Crippen LogP contribution >= 0.6 is 0 Å². The molecule has 116 valence electrons. The maximum Gasteiger partial charge on any atom is 0.269 e. The highest BCUT2D eigenvalue weighted by molar-refractivity contribution is 6.01. The predicted octanol–water partition coefficient (Wildman–Crippen LogP) is 2.55. The van der Waals surface area contributed by atoms with E-state index in [2.05, 4.69) is 5.92 Å². The van der Waals surface area contributed by atoms with E-state index >= 15 is 0 Å². The Kier molecular flexibility index (Phi) is 3.94. The molecular formula is C19H18N2O2. The van der Waals surface area contributed by atoms with Gasteiger partial charge in [-0.15, -0.1) is 6.42 Å². The number of rotatable bonds is 3. The summed E-state index contributed by atoms with van der Waals surface area (Å²) in [6.45, 7) is 2.23. The Morgan fingerprint density at radius 1 is 1.26 bits per heavy atom. The zero-order valence-corrected chi connectivity index (χ0v) is 13.0. The van der Waals surface area contributed by atoms with Gasteiger partial charge in [-0.2, -0.15) is 0 Å². The number of nitrogen functional groups attached to an aromatic ring is 1. The minimum Gasteiger partial charge on any atom is -0.478 e. The van der Waals surface area contributed by atoms with Crippen molar-refractivity contribution in [3.8, 4) is 18.1 Å². The molecular weight excluding hydrogens is 288 g/mol. The monoisotopic (exact) mass is 306 g/mol. The smallest absolute Gasteiger partial charge is 0.269 e. The van der Waals surface area contributed by atoms with Crippen LogP contribution in [0.4, 0.5) is 11.4 Å². The molecule has 3 rings (SSSR count). The Bertz CT molecular complexity index is 775. The number of benzene rings is 2. The molecule has 4 nitrogen and oxygen atoms in total. The zero-order chi connectivity index (χ0) is 16.4. The normalized spacial score (nSPS) is 16.4. The summed E-state index contributed by atoms with van der Waals surface area (Å²) in [7, 11) is 0. The van der Waals surface area contributed by atoms with Gasteiger partial charge in [0.2, 0.25) is 0 Å². The first-order chi connectivity index (χ1) is 11.1. The van der Waals surface area contributed by atoms with Crippen molar-refractivity contribution >= 4 is 17.3 Å². The quantitative estimate of drug-likeness (QED) is 0.700. The van der Waals surface area contributed by atoms with Crippen LogP contribution in [0.2, 0.25) is 0 Å². The summed E-state index contributed by atoms with van der Waals surface area (Å²) >= 11 is 0. The lowest BCUT2D eigenvalue weighted by molar-refractivity contribution is -0.126. The largest absolute Gasteiger partial charge is 0.478 e. The molecule has 1 unspecified atom stereocenters. The van der Waals surface area contributed by atoms with E-state index in [0.717, 1.165) is 5.56 Å². The number of fused-ring (bicyclic) bond motifs is 1. The molecule has 1 atom stereocenters.